The van der Waals surface area contributed by atoms with Gasteiger partial charge in [-0.25, -0.2) is 4.79 Å². The van der Waals surface area contributed by atoms with E-state index >= 15 is 0 Å². The predicted octanol–water partition coefficient (Wildman–Crippen LogP) is 3.21. The fourth-order valence-electron chi connectivity index (χ4n) is 1.03. The molecule has 0 aliphatic heterocycles. The monoisotopic (exact) mass is 330 g/mol. The van der Waals surface area contributed by atoms with Gasteiger partial charge in [-0.2, -0.15) is 0 Å². The molecule has 0 spiro atoms. The summed E-state index contributed by atoms with van der Waals surface area (Å²) in [5.41, 5.74) is 2.22. The number of benzene rings is 1. The van der Waals surface area contributed by atoms with E-state index in [1.54, 1.807) is 12.1 Å². The van der Waals surface area contributed by atoms with Crippen LogP contribution in [0.5, 0.6) is 5.75 Å². The fourth-order valence-corrected chi connectivity index (χ4v) is 1.18. The Morgan fingerprint density at radius 3 is 2.75 bits per heavy atom. The molecule has 0 radical (unpaired) electrons. The largest absolute Gasteiger partial charge is 0.514 e. The quantitative estimate of drug-likeness (QED) is 0.362. The summed E-state index contributed by atoms with van der Waals surface area (Å²) in [6, 6.07) is 5.41. The Balaban J connectivity index is 2.55. The summed E-state index contributed by atoms with van der Waals surface area (Å²) in [5.74, 6) is 3.08. The highest BCUT2D eigenvalue weighted by molar-refractivity contribution is 14.1. The summed E-state index contributed by atoms with van der Waals surface area (Å²) < 4.78 is 12.3. The van der Waals surface area contributed by atoms with E-state index in [1.165, 1.54) is 0 Å². The van der Waals surface area contributed by atoms with Gasteiger partial charge in [-0.05, 0) is 41.0 Å². The van der Waals surface area contributed by atoms with Crippen LogP contribution in [-0.2, 0) is 4.74 Å². The first-order valence-electron chi connectivity index (χ1n) is 4.64. The van der Waals surface area contributed by atoms with Crippen LogP contribution in [0.3, 0.4) is 0 Å². The number of hydrogen-bond donors (Lipinski definition) is 0. The summed E-state index contributed by atoms with van der Waals surface area (Å²) in [7, 11) is 0. The van der Waals surface area contributed by atoms with E-state index < -0.39 is 6.16 Å². The van der Waals surface area contributed by atoms with Gasteiger partial charge in [-0.15, -0.1) is 0 Å². The van der Waals surface area contributed by atoms with Crippen LogP contribution in [0.2, 0.25) is 0 Å². The minimum Gasteiger partial charge on any atom is -0.421 e. The summed E-state index contributed by atoms with van der Waals surface area (Å²) in [4.78, 5) is 11.2. The normalized spacial score (nSPS) is 8.94. The van der Waals surface area contributed by atoms with Crippen molar-refractivity contribution in [2.45, 2.75) is 13.8 Å². The van der Waals surface area contributed by atoms with Crippen LogP contribution in [-0.4, -0.2) is 12.8 Å². The third-order valence-corrected chi connectivity index (χ3v) is 2.39. The molecule has 0 N–H and O–H groups in total. The number of carbonyl (C=O) groups excluding carboxylic acids is 1. The molecular formula is C12H11IO3. The highest BCUT2D eigenvalue weighted by Gasteiger charge is 2.05. The Labute approximate surface area is 108 Å². The molecule has 0 aliphatic rings. The van der Waals surface area contributed by atoms with E-state index in [0.29, 0.717) is 5.75 Å². The van der Waals surface area contributed by atoms with Crippen molar-refractivity contribution < 1.29 is 14.3 Å². The average Bonchev–Trinajstić information content (AvgIpc) is 2.24. The maximum atomic E-state index is 11.2. The van der Waals surface area contributed by atoms with Crippen molar-refractivity contribution >= 4 is 28.7 Å². The zero-order valence-corrected chi connectivity index (χ0v) is 11.2. The van der Waals surface area contributed by atoms with Crippen molar-refractivity contribution in [1.29, 1.82) is 0 Å². The van der Waals surface area contributed by atoms with Crippen molar-refractivity contribution in [2.75, 3.05) is 6.61 Å². The number of hydrogen-bond acceptors (Lipinski definition) is 3. The van der Waals surface area contributed by atoms with E-state index in [9.17, 15) is 4.79 Å². The number of carbonyl (C=O) groups is 1. The molecule has 84 valence electrons. The van der Waals surface area contributed by atoms with Crippen molar-refractivity contribution in [3.63, 3.8) is 0 Å². The van der Waals surface area contributed by atoms with Crippen molar-refractivity contribution in [2.24, 2.45) is 0 Å². The first-order valence-corrected chi connectivity index (χ1v) is 5.71. The lowest BCUT2D eigenvalue weighted by Crippen LogP contribution is -2.10. The highest BCUT2D eigenvalue weighted by Crippen LogP contribution is 2.16. The molecule has 3 nitrogen and oxygen atoms in total. The third-order valence-electron chi connectivity index (χ3n) is 2.01. The highest BCUT2D eigenvalue weighted by atomic mass is 127. The van der Waals surface area contributed by atoms with Crippen LogP contribution in [0.25, 0.3) is 0 Å². The Morgan fingerprint density at radius 1 is 1.38 bits per heavy atom. The number of aryl methyl sites for hydroxylation is 2. The molecule has 0 bridgehead atoms. The van der Waals surface area contributed by atoms with Crippen LogP contribution in [0.4, 0.5) is 4.79 Å². The summed E-state index contributed by atoms with van der Waals surface area (Å²) in [6.45, 7) is 4.00. The van der Waals surface area contributed by atoms with Gasteiger partial charge >= 0.3 is 6.16 Å². The third kappa shape index (κ3) is 4.11. The molecule has 16 heavy (non-hydrogen) atoms. The molecular weight excluding hydrogens is 319 g/mol. The molecule has 0 fully saturated rings. The van der Waals surface area contributed by atoms with Gasteiger partial charge in [0.05, 0.1) is 0 Å². The topological polar surface area (TPSA) is 35.5 Å². The van der Waals surface area contributed by atoms with Gasteiger partial charge in [-0.1, -0.05) is 12.0 Å². The molecule has 1 rings (SSSR count). The predicted molar refractivity (Wildman–Crippen MR) is 69.7 cm³/mol. The molecule has 0 aromatic heterocycles. The van der Waals surface area contributed by atoms with Crippen LogP contribution in [0, 0.1) is 23.7 Å². The lowest BCUT2D eigenvalue weighted by atomic mass is 10.1. The van der Waals surface area contributed by atoms with Crippen molar-refractivity contribution in [3.05, 3.63) is 29.3 Å². The fraction of sp³-hybridized carbons (Fsp3) is 0.250. The standard InChI is InChI=1S/C12H11IO3/c1-9-4-5-11(8-10(9)2)16-12(14)15-7-3-6-13/h4-5,8H,7H2,1-2H3. The summed E-state index contributed by atoms with van der Waals surface area (Å²) in [6.07, 6.45) is -0.734. The SMILES string of the molecule is Cc1ccc(OC(=O)OCC#CI)cc1C. The van der Waals surface area contributed by atoms with Crippen molar-refractivity contribution in [3.8, 4) is 15.6 Å². The van der Waals surface area contributed by atoms with E-state index in [1.807, 2.05) is 42.5 Å². The Morgan fingerprint density at radius 2 is 2.12 bits per heavy atom. The second kappa shape index (κ2) is 6.38. The maximum Gasteiger partial charge on any atom is 0.514 e. The van der Waals surface area contributed by atoms with Gasteiger partial charge in [0, 0.05) is 22.6 Å². The van der Waals surface area contributed by atoms with E-state index in [0.717, 1.165) is 11.1 Å². The minimum absolute atomic E-state index is 0.0482. The molecule has 0 saturated heterocycles. The Hall–Kier alpha value is -1.22. The Bertz CT molecular complexity index is 443. The second-order valence-corrected chi connectivity index (χ2v) is 3.70. The van der Waals surface area contributed by atoms with Crippen molar-refractivity contribution in [1.82, 2.24) is 0 Å². The van der Waals surface area contributed by atoms with Gasteiger partial charge in [0.25, 0.3) is 0 Å². The molecule has 0 unspecified atom stereocenters. The minimum atomic E-state index is -0.734. The molecule has 4 heteroatoms. The number of halogens is 1. The maximum absolute atomic E-state index is 11.2. The first-order chi connectivity index (χ1) is 7.63. The first kappa shape index (κ1) is 12.8. The summed E-state index contributed by atoms with van der Waals surface area (Å²) in [5, 5.41) is 0. The van der Waals surface area contributed by atoms with Gasteiger partial charge < -0.3 is 9.47 Å². The zero-order valence-electron chi connectivity index (χ0n) is 9.04. The molecule has 1 aromatic rings. The van der Waals surface area contributed by atoms with E-state index in [-0.39, 0.29) is 6.61 Å². The lowest BCUT2D eigenvalue weighted by Gasteiger charge is -2.05. The second-order valence-electron chi connectivity index (χ2n) is 3.16. The van der Waals surface area contributed by atoms with E-state index in [4.69, 9.17) is 9.47 Å². The lowest BCUT2D eigenvalue weighted by molar-refractivity contribution is 0.111. The number of ether oxygens (including phenoxy) is 2. The number of rotatable bonds is 2. The van der Waals surface area contributed by atoms with Gasteiger partial charge in [0.2, 0.25) is 0 Å². The molecule has 0 atom stereocenters. The van der Waals surface area contributed by atoms with Gasteiger partial charge in [-0.3, -0.25) is 0 Å². The average molecular weight is 330 g/mol. The van der Waals surface area contributed by atoms with Crippen LogP contribution < -0.4 is 4.74 Å². The van der Waals surface area contributed by atoms with Gasteiger partial charge in [0.1, 0.15) is 5.75 Å². The zero-order chi connectivity index (χ0) is 12.0. The Kier molecular flexibility index (Phi) is 5.12. The van der Waals surface area contributed by atoms with Gasteiger partial charge in [0.15, 0.2) is 6.61 Å². The van der Waals surface area contributed by atoms with E-state index in [2.05, 4.69) is 9.85 Å². The molecule has 0 saturated carbocycles. The summed E-state index contributed by atoms with van der Waals surface area (Å²) >= 11 is 1.87. The molecule has 1 aromatic carbocycles. The molecule has 0 aliphatic carbocycles. The van der Waals surface area contributed by atoms with Crippen LogP contribution in [0.15, 0.2) is 18.2 Å². The smallest absolute Gasteiger partial charge is 0.421 e. The molecule has 0 heterocycles. The van der Waals surface area contributed by atoms with Crippen LogP contribution in [0.1, 0.15) is 11.1 Å². The molecule has 0 amide bonds. The van der Waals surface area contributed by atoms with Crippen LogP contribution >= 0.6 is 22.6 Å².